The summed E-state index contributed by atoms with van der Waals surface area (Å²) < 4.78 is 0. The summed E-state index contributed by atoms with van der Waals surface area (Å²) in [7, 11) is 0. The first-order valence-corrected chi connectivity index (χ1v) is 7.87. The van der Waals surface area contributed by atoms with Crippen LogP contribution in [0.5, 0.6) is 0 Å². The van der Waals surface area contributed by atoms with E-state index in [1.165, 1.54) is 12.1 Å². The molecule has 0 radical (unpaired) electrons. The summed E-state index contributed by atoms with van der Waals surface area (Å²) >= 11 is 5.75. The third kappa shape index (κ3) is 3.41. The van der Waals surface area contributed by atoms with Crippen LogP contribution in [0.1, 0.15) is 15.9 Å². The van der Waals surface area contributed by atoms with E-state index in [0.29, 0.717) is 22.5 Å². The fraction of sp³-hybridized carbons (Fsp3) is 0.0526. The summed E-state index contributed by atoms with van der Waals surface area (Å²) in [6.45, 7) is 1.77. The predicted octanol–water partition coefficient (Wildman–Crippen LogP) is 5.01. The van der Waals surface area contributed by atoms with Crippen LogP contribution in [0.15, 0.2) is 60.7 Å². The minimum Gasteiger partial charge on any atom is -0.276 e. The Hall–Kier alpha value is -3.05. The molecule has 0 unspecified atom stereocenters. The Morgan fingerprint density at radius 3 is 2.36 bits per heavy atom. The molecule has 124 valence electrons. The lowest BCUT2D eigenvalue weighted by Crippen LogP contribution is -2.02. The maximum Gasteiger partial charge on any atom is 0.270 e. The highest BCUT2D eigenvalue weighted by Crippen LogP contribution is 2.31. The van der Waals surface area contributed by atoms with Gasteiger partial charge in [-0.25, -0.2) is 4.98 Å². The van der Waals surface area contributed by atoms with Crippen LogP contribution in [-0.4, -0.2) is 15.1 Å². The number of nitrogens with zero attached hydrogens (tertiary/aromatic N) is 2. The van der Waals surface area contributed by atoms with Crippen LogP contribution >= 0.6 is 11.6 Å². The number of aromatic nitrogens is 1. The van der Waals surface area contributed by atoms with Crippen LogP contribution in [0.2, 0.25) is 0 Å². The van der Waals surface area contributed by atoms with Crippen molar-refractivity contribution in [2.24, 2.45) is 0 Å². The number of halogens is 1. The molecule has 0 bridgehead atoms. The van der Waals surface area contributed by atoms with Gasteiger partial charge in [-0.1, -0.05) is 42.5 Å². The quantitative estimate of drug-likeness (QED) is 0.376. The van der Waals surface area contributed by atoms with Gasteiger partial charge in [0, 0.05) is 23.3 Å². The second-order valence-corrected chi connectivity index (χ2v) is 5.84. The van der Waals surface area contributed by atoms with E-state index in [1.54, 1.807) is 25.1 Å². The third-order valence-corrected chi connectivity index (χ3v) is 4.00. The van der Waals surface area contributed by atoms with Gasteiger partial charge >= 0.3 is 0 Å². The summed E-state index contributed by atoms with van der Waals surface area (Å²) in [5, 5.41) is 10.4. The second kappa shape index (κ2) is 6.83. The van der Waals surface area contributed by atoms with Crippen molar-refractivity contribution < 1.29 is 9.72 Å². The van der Waals surface area contributed by atoms with Crippen molar-refractivity contribution in [1.29, 1.82) is 0 Å². The molecule has 0 fully saturated rings. The molecule has 0 amide bonds. The Labute approximate surface area is 149 Å². The molecule has 0 aliphatic rings. The first kappa shape index (κ1) is 16.8. The number of non-ortho nitro benzene ring substituents is 1. The van der Waals surface area contributed by atoms with E-state index in [2.05, 4.69) is 4.98 Å². The number of hydrogen-bond donors (Lipinski definition) is 0. The molecule has 3 aromatic rings. The fourth-order valence-electron chi connectivity index (χ4n) is 2.65. The lowest BCUT2D eigenvalue weighted by molar-refractivity contribution is -0.384. The van der Waals surface area contributed by atoms with Crippen LogP contribution in [0.25, 0.3) is 22.5 Å². The number of carbonyl (C=O) groups excluding carboxylic acids is 1. The maximum atomic E-state index is 11.9. The van der Waals surface area contributed by atoms with Crippen molar-refractivity contribution in [3.63, 3.8) is 0 Å². The monoisotopic (exact) mass is 352 g/mol. The van der Waals surface area contributed by atoms with E-state index in [-0.39, 0.29) is 11.3 Å². The van der Waals surface area contributed by atoms with Crippen LogP contribution in [-0.2, 0) is 0 Å². The van der Waals surface area contributed by atoms with Crippen molar-refractivity contribution >= 4 is 22.5 Å². The van der Waals surface area contributed by atoms with Crippen molar-refractivity contribution in [3.8, 4) is 22.5 Å². The molecule has 0 spiro atoms. The summed E-state index contributed by atoms with van der Waals surface area (Å²) in [6.07, 6.45) is 0. The molecule has 0 atom stereocenters. The van der Waals surface area contributed by atoms with E-state index < -0.39 is 10.2 Å². The molecule has 0 N–H and O–H groups in total. The average molecular weight is 353 g/mol. The van der Waals surface area contributed by atoms with Gasteiger partial charge in [-0.2, -0.15) is 0 Å². The van der Waals surface area contributed by atoms with Gasteiger partial charge in [-0.3, -0.25) is 14.9 Å². The first-order chi connectivity index (χ1) is 12.0. The summed E-state index contributed by atoms with van der Waals surface area (Å²) in [5.74, 6) is 0. The maximum absolute atomic E-state index is 11.9. The number of aryl methyl sites for hydroxylation is 1. The predicted molar refractivity (Wildman–Crippen MR) is 96.7 cm³/mol. The molecule has 1 aromatic heterocycles. The molecule has 0 aliphatic heterocycles. The van der Waals surface area contributed by atoms with Crippen LogP contribution in [0.3, 0.4) is 0 Å². The van der Waals surface area contributed by atoms with Crippen LogP contribution < -0.4 is 0 Å². The molecule has 25 heavy (non-hydrogen) atoms. The number of pyridine rings is 1. The molecular formula is C19H13ClN2O3. The van der Waals surface area contributed by atoms with Gasteiger partial charge in [0.25, 0.3) is 10.9 Å². The standard InChI is InChI=1S/C19H13ClN2O3/c1-12-10-16(13-6-3-2-4-7-13)21-18(17(12)19(20)23)14-8-5-9-15(11-14)22(24)25/h2-11H,1H3. The van der Waals surface area contributed by atoms with Gasteiger partial charge in [0.05, 0.1) is 21.9 Å². The van der Waals surface area contributed by atoms with Gasteiger partial charge in [0.15, 0.2) is 0 Å². The topological polar surface area (TPSA) is 73.1 Å². The number of carbonyl (C=O) groups is 1. The Kier molecular flexibility index (Phi) is 4.59. The lowest BCUT2D eigenvalue weighted by atomic mass is 9.99. The molecule has 6 heteroatoms. The summed E-state index contributed by atoms with van der Waals surface area (Å²) in [6, 6.07) is 17.3. The number of hydrogen-bond acceptors (Lipinski definition) is 4. The highest BCUT2D eigenvalue weighted by molar-refractivity contribution is 6.68. The Morgan fingerprint density at radius 1 is 1.04 bits per heavy atom. The van der Waals surface area contributed by atoms with Gasteiger partial charge in [0.2, 0.25) is 0 Å². The Balaban J connectivity index is 2.26. The van der Waals surface area contributed by atoms with E-state index in [1.807, 2.05) is 30.3 Å². The molecule has 0 aliphatic carbocycles. The summed E-state index contributed by atoms with van der Waals surface area (Å²) in [4.78, 5) is 27.1. The van der Waals surface area contributed by atoms with E-state index in [0.717, 1.165) is 5.56 Å². The number of nitro benzene ring substituents is 1. The largest absolute Gasteiger partial charge is 0.276 e. The highest BCUT2D eigenvalue weighted by atomic mass is 35.5. The van der Waals surface area contributed by atoms with Crippen LogP contribution in [0, 0.1) is 17.0 Å². The first-order valence-electron chi connectivity index (χ1n) is 7.49. The molecule has 2 aromatic carbocycles. The van der Waals surface area contributed by atoms with E-state index >= 15 is 0 Å². The number of rotatable bonds is 4. The summed E-state index contributed by atoms with van der Waals surface area (Å²) in [5.41, 5.74) is 3.20. The van der Waals surface area contributed by atoms with E-state index in [9.17, 15) is 14.9 Å². The zero-order valence-electron chi connectivity index (χ0n) is 13.3. The number of nitro groups is 1. The van der Waals surface area contributed by atoms with Gasteiger partial charge < -0.3 is 0 Å². The van der Waals surface area contributed by atoms with Gasteiger partial charge in [0.1, 0.15) is 0 Å². The Morgan fingerprint density at radius 2 is 1.72 bits per heavy atom. The lowest BCUT2D eigenvalue weighted by Gasteiger charge is -2.12. The zero-order chi connectivity index (χ0) is 18.0. The third-order valence-electron chi connectivity index (χ3n) is 3.81. The zero-order valence-corrected chi connectivity index (χ0v) is 14.0. The number of benzene rings is 2. The van der Waals surface area contributed by atoms with Crippen molar-refractivity contribution in [2.75, 3.05) is 0 Å². The van der Waals surface area contributed by atoms with Gasteiger partial charge in [-0.15, -0.1) is 0 Å². The SMILES string of the molecule is Cc1cc(-c2ccccc2)nc(-c2cccc([N+](=O)[O-])c2)c1C(=O)Cl. The molecule has 5 nitrogen and oxygen atoms in total. The van der Waals surface area contributed by atoms with E-state index in [4.69, 9.17) is 11.6 Å². The highest BCUT2D eigenvalue weighted by Gasteiger charge is 2.19. The minimum absolute atomic E-state index is 0.0740. The molecule has 1 heterocycles. The normalized spacial score (nSPS) is 10.5. The minimum atomic E-state index is -0.647. The van der Waals surface area contributed by atoms with Crippen molar-refractivity contribution in [2.45, 2.75) is 6.92 Å². The van der Waals surface area contributed by atoms with Crippen LogP contribution in [0.4, 0.5) is 5.69 Å². The average Bonchev–Trinajstić information content (AvgIpc) is 2.61. The molecule has 3 rings (SSSR count). The fourth-order valence-corrected chi connectivity index (χ4v) is 2.89. The smallest absolute Gasteiger partial charge is 0.270 e. The Bertz CT molecular complexity index is 972. The van der Waals surface area contributed by atoms with Crippen molar-refractivity contribution in [1.82, 2.24) is 4.98 Å². The molecule has 0 saturated carbocycles. The van der Waals surface area contributed by atoms with Gasteiger partial charge in [-0.05, 0) is 30.2 Å². The molecule has 0 saturated heterocycles. The second-order valence-electron chi connectivity index (χ2n) is 5.50. The molecular weight excluding hydrogens is 340 g/mol. The van der Waals surface area contributed by atoms with Crippen molar-refractivity contribution in [3.05, 3.63) is 81.9 Å².